The maximum Gasteiger partial charge on any atom is 0.407 e. The van der Waals surface area contributed by atoms with Crippen molar-refractivity contribution in [2.75, 3.05) is 49.6 Å². The Morgan fingerprint density at radius 3 is 2.95 bits per heavy atom. The summed E-state index contributed by atoms with van der Waals surface area (Å²) in [6.07, 6.45) is 2.65. The standard InChI is InChI=1S/C14H21N5O3/c20-14(21)19-5-1-2-11(10-19)16-13-15-4-3-12(17-13)18-6-8-22-9-7-18/h3-4,11H,1-2,5-10H2,(H,20,21)(H,15,16,17). The third-order valence-electron chi connectivity index (χ3n) is 4.00. The van der Waals surface area contributed by atoms with E-state index in [-0.39, 0.29) is 6.04 Å². The summed E-state index contributed by atoms with van der Waals surface area (Å²) in [6.45, 7) is 4.15. The molecule has 1 aromatic rings. The number of hydrogen-bond acceptors (Lipinski definition) is 6. The van der Waals surface area contributed by atoms with Crippen LogP contribution in [-0.2, 0) is 4.74 Å². The molecule has 0 radical (unpaired) electrons. The quantitative estimate of drug-likeness (QED) is 0.856. The fourth-order valence-electron chi connectivity index (χ4n) is 2.84. The predicted molar refractivity (Wildman–Crippen MR) is 81.3 cm³/mol. The van der Waals surface area contributed by atoms with E-state index in [1.165, 1.54) is 4.90 Å². The van der Waals surface area contributed by atoms with Crippen LogP contribution in [0.25, 0.3) is 0 Å². The van der Waals surface area contributed by atoms with Crippen LogP contribution in [0.3, 0.4) is 0 Å². The van der Waals surface area contributed by atoms with E-state index in [1.807, 2.05) is 6.07 Å². The van der Waals surface area contributed by atoms with Crippen LogP contribution in [0.15, 0.2) is 12.3 Å². The van der Waals surface area contributed by atoms with Crippen LogP contribution >= 0.6 is 0 Å². The van der Waals surface area contributed by atoms with Crippen LogP contribution in [0.2, 0.25) is 0 Å². The SMILES string of the molecule is O=C(O)N1CCCC(Nc2nccc(N3CCOCC3)n2)C1. The fraction of sp³-hybridized carbons (Fsp3) is 0.643. The van der Waals surface area contributed by atoms with Crippen molar-refractivity contribution in [1.82, 2.24) is 14.9 Å². The van der Waals surface area contributed by atoms with Gasteiger partial charge in [-0.1, -0.05) is 0 Å². The van der Waals surface area contributed by atoms with E-state index in [9.17, 15) is 4.79 Å². The first-order chi connectivity index (χ1) is 10.7. The minimum absolute atomic E-state index is 0.0600. The fourth-order valence-corrected chi connectivity index (χ4v) is 2.84. The number of rotatable bonds is 3. The van der Waals surface area contributed by atoms with Gasteiger partial charge in [-0.2, -0.15) is 4.98 Å². The Balaban J connectivity index is 1.63. The molecule has 3 rings (SSSR count). The number of ether oxygens (including phenoxy) is 1. The van der Waals surface area contributed by atoms with Gasteiger partial charge in [-0.15, -0.1) is 0 Å². The Labute approximate surface area is 129 Å². The lowest BCUT2D eigenvalue weighted by molar-refractivity contribution is 0.122. The van der Waals surface area contributed by atoms with Gasteiger partial charge in [0.05, 0.1) is 13.2 Å². The highest BCUT2D eigenvalue weighted by Crippen LogP contribution is 2.17. The monoisotopic (exact) mass is 307 g/mol. The van der Waals surface area contributed by atoms with E-state index in [0.717, 1.165) is 31.7 Å². The molecule has 120 valence electrons. The zero-order chi connectivity index (χ0) is 15.4. The minimum Gasteiger partial charge on any atom is -0.465 e. The summed E-state index contributed by atoms with van der Waals surface area (Å²) in [5.41, 5.74) is 0. The van der Waals surface area contributed by atoms with Gasteiger partial charge in [0.1, 0.15) is 5.82 Å². The summed E-state index contributed by atoms with van der Waals surface area (Å²) in [4.78, 5) is 23.5. The van der Waals surface area contributed by atoms with Gasteiger partial charge in [0, 0.05) is 38.4 Å². The molecule has 0 bridgehead atoms. The smallest absolute Gasteiger partial charge is 0.407 e. The zero-order valence-corrected chi connectivity index (χ0v) is 12.4. The van der Waals surface area contributed by atoms with Crippen LogP contribution in [0.5, 0.6) is 0 Å². The van der Waals surface area contributed by atoms with Crippen molar-refractivity contribution in [3.8, 4) is 0 Å². The predicted octanol–water partition coefficient (Wildman–Crippen LogP) is 0.867. The highest BCUT2D eigenvalue weighted by molar-refractivity contribution is 5.65. The molecule has 2 aliphatic rings. The van der Waals surface area contributed by atoms with Crippen molar-refractivity contribution in [2.45, 2.75) is 18.9 Å². The van der Waals surface area contributed by atoms with E-state index in [4.69, 9.17) is 9.84 Å². The second kappa shape index (κ2) is 6.78. The summed E-state index contributed by atoms with van der Waals surface area (Å²) in [5, 5.41) is 12.3. The molecule has 0 aliphatic carbocycles. The Hall–Kier alpha value is -2.09. The lowest BCUT2D eigenvalue weighted by Crippen LogP contribution is -2.44. The van der Waals surface area contributed by atoms with Crippen molar-refractivity contribution in [3.63, 3.8) is 0 Å². The van der Waals surface area contributed by atoms with Crippen LogP contribution < -0.4 is 10.2 Å². The Kier molecular flexibility index (Phi) is 4.57. The van der Waals surface area contributed by atoms with Gasteiger partial charge < -0.3 is 25.0 Å². The first-order valence-electron chi connectivity index (χ1n) is 7.62. The lowest BCUT2D eigenvalue weighted by atomic mass is 10.1. The second-order valence-corrected chi connectivity index (χ2v) is 5.55. The van der Waals surface area contributed by atoms with Crippen molar-refractivity contribution >= 4 is 17.9 Å². The summed E-state index contributed by atoms with van der Waals surface area (Å²) in [6, 6.07) is 1.95. The number of morpholine rings is 1. The number of nitrogens with zero attached hydrogens (tertiary/aromatic N) is 4. The highest BCUT2D eigenvalue weighted by Gasteiger charge is 2.23. The molecule has 1 aromatic heterocycles. The molecule has 0 saturated carbocycles. The lowest BCUT2D eigenvalue weighted by Gasteiger charge is -2.31. The normalized spacial score (nSPS) is 22.5. The summed E-state index contributed by atoms with van der Waals surface area (Å²) in [7, 11) is 0. The van der Waals surface area contributed by atoms with E-state index in [1.54, 1.807) is 6.20 Å². The maximum atomic E-state index is 11.1. The molecule has 0 aromatic carbocycles. The number of amides is 1. The number of nitrogens with one attached hydrogen (secondary N) is 1. The van der Waals surface area contributed by atoms with Gasteiger partial charge in [-0.05, 0) is 18.9 Å². The number of anilines is 2. The molecule has 0 spiro atoms. The average Bonchev–Trinajstić information content (AvgIpc) is 2.56. The zero-order valence-electron chi connectivity index (χ0n) is 12.4. The van der Waals surface area contributed by atoms with Crippen molar-refractivity contribution in [3.05, 3.63) is 12.3 Å². The average molecular weight is 307 g/mol. The molecule has 8 heteroatoms. The van der Waals surface area contributed by atoms with Crippen LogP contribution in [-0.4, -0.2) is 71.5 Å². The van der Waals surface area contributed by atoms with Gasteiger partial charge >= 0.3 is 6.09 Å². The largest absolute Gasteiger partial charge is 0.465 e. The number of likely N-dealkylation sites (tertiary alicyclic amines) is 1. The molecule has 2 fully saturated rings. The van der Waals surface area contributed by atoms with E-state index in [2.05, 4.69) is 20.2 Å². The number of piperidine rings is 1. The molecule has 1 amide bonds. The highest BCUT2D eigenvalue weighted by atomic mass is 16.5. The first kappa shape index (κ1) is 14.8. The van der Waals surface area contributed by atoms with Crippen LogP contribution in [0, 0.1) is 0 Å². The van der Waals surface area contributed by atoms with Gasteiger partial charge in [-0.3, -0.25) is 0 Å². The minimum atomic E-state index is -0.866. The van der Waals surface area contributed by atoms with Crippen LogP contribution in [0.1, 0.15) is 12.8 Å². The maximum absolute atomic E-state index is 11.1. The Bertz CT molecular complexity index is 521. The van der Waals surface area contributed by atoms with Crippen molar-refractivity contribution < 1.29 is 14.6 Å². The molecule has 3 heterocycles. The first-order valence-corrected chi connectivity index (χ1v) is 7.62. The topological polar surface area (TPSA) is 90.8 Å². The van der Waals surface area contributed by atoms with E-state index >= 15 is 0 Å². The van der Waals surface area contributed by atoms with Crippen molar-refractivity contribution in [2.24, 2.45) is 0 Å². The third-order valence-corrected chi connectivity index (χ3v) is 4.00. The molecule has 8 nitrogen and oxygen atoms in total. The number of hydrogen-bond donors (Lipinski definition) is 2. The molecular weight excluding hydrogens is 286 g/mol. The Morgan fingerprint density at radius 2 is 2.18 bits per heavy atom. The van der Waals surface area contributed by atoms with Crippen LogP contribution in [0.4, 0.5) is 16.6 Å². The number of aromatic nitrogens is 2. The van der Waals surface area contributed by atoms with Gasteiger partial charge in [0.25, 0.3) is 0 Å². The van der Waals surface area contributed by atoms with Crippen molar-refractivity contribution in [1.29, 1.82) is 0 Å². The summed E-state index contributed by atoms with van der Waals surface area (Å²) in [5.74, 6) is 1.44. The summed E-state index contributed by atoms with van der Waals surface area (Å²) < 4.78 is 5.35. The molecule has 22 heavy (non-hydrogen) atoms. The third kappa shape index (κ3) is 3.56. The molecule has 2 aliphatic heterocycles. The molecule has 2 N–H and O–H groups in total. The molecule has 2 saturated heterocycles. The molecule has 1 atom stereocenters. The number of carboxylic acid groups (broad SMARTS) is 1. The molecule has 1 unspecified atom stereocenters. The van der Waals surface area contributed by atoms with Gasteiger partial charge in [-0.25, -0.2) is 9.78 Å². The number of carbonyl (C=O) groups is 1. The molecular formula is C14H21N5O3. The van der Waals surface area contributed by atoms with Gasteiger partial charge in [0.2, 0.25) is 5.95 Å². The summed E-state index contributed by atoms with van der Waals surface area (Å²) >= 11 is 0. The van der Waals surface area contributed by atoms with E-state index < -0.39 is 6.09 Å². The second-order valence-electron chi connectivity index (χ2n) is 5.55. The Morgan fingerprint density at radius 1 is 1.36 bits per heavy atom. The van der Waals surface area contributed by atoms with E-state index in [0.29, 0.717) is 32.3 Å². The van der Waals surface area contributed by atoms with Gasteiger partial charge in [0.15, 0.2) is 0 Å².